The standard InChI is InChI=1S/C31H37Cl2N5O5/c1-17(2)9-10-24-20(14-34)11-21(15-35-24)28-36-27(37-43-28)19-12-22(32)26(23(33)13-19)40-16-25-18(3)41-31(7,8)38(25)29(39)42-30(4,5)6/h11-13,15,17-18,25H,9-10,16H2,1-8H3/t18-,25+/m1/s1. The highest BCUT2D eigenvalue weighted by molar-refractivity contribution is 6.37. The number of rotatable bonds is 8. The zero-order valence-corrected chi connectivity index (χ0v) is 27.2. The van der Waals surface area contributed by atoms with E-state index in [-0.39, 0.29) is 40.2 Å². The molecular formula is C31H37Cl2N5O5. The summed E-state index contributed by atoms with van der Waals surface area (Å²) in [5.41, 5.74) is 0.681. The van der Waals surface area contributed by atoms with Crippen LogP contribution in [0, 0.1) is 17.2 Å². The molecule has 1 amide bonds. The lowest BCUT2D eigenvalue weighted by Crippen LogP contribution is -2.52. The number of halogens is 2. The molecule has 10 nitrogen and oxygen atoms in total. The molecule has 12 heteroatoms. The van der Waals surface area contributed by atoms with Crippen molar-refractivity contribution in [3.8, 4) is 34.7 Å². The van der Waals surface area contributed by atoms with Gasteiger partial charge in [0, 0.05) is 11.8 Å². The summed E-state index contributed by atoms with van der Waals surface area (Å²) in [6.07, 6.45) is 2.43. The van der Waals surface area contributed by atoms with Crippen LogP contribution in [0.3, 0.4) is 0 Å². The fourth-order valence-electron chi connectivity index (χ4n) is 4.86. The van der Waals surface area contributed by atoms with Crippen LogP contribution in [-0.4, -0.2) is 56.2 Å². The second-order valence-electron chi connectivity index (χ2n) is 12.5. The zero-order chi connectivity index (χ0) is 31.7. The lowest BCUT2D eigenvalue weighted by molar-refractivity contribution is -0.0760. The predicted octanol–water partition coefficient (Wildman–Crippen LogP) is 7.70. The molecule has 3 heterocycles. The summed E-state index contributed by atoms with van der Waals surface area (Å²) >= 11 is 13.2. The fourth-order valence-corrected chi connectivity index (χ4v) is 5.46. The first-order valence-corrected chi connectivity index (χ1v) is 14.9. The minimum atomic E-state index is -0.901. The highest BCUT2D eigenvalue weighted by Gasteiger charge is 2.50. The molecule has 1 aliphatic rings. The van der Waals surface area contributed by atoms with Crippen LogP contribution in [0.2, 0.25) is 10.0 Å². The van der Waals surface area contributed by atoms with E-state index in [4.69, 9.17) is 41.9 Å². The third-order valence-electron chi connectivity index (χ3n) is 6.90. The van der Waals surface area contributed by atoms with E-state index in [1.54, 1.807) is 43.1 Å². The van der Waals surface area contributed by atoms with Crippen molar-refractivity contribution in [2.45, 2.75) is 91.7 Å². The first-order chi connectivity index (χ1) is 20.1. The van der Waals surface area contributed by atoms with Crippen molar-refractivity contribution in [2.75, 3.05) is 6.61 Å². The third kappa shape index (κ3) is 7.58. The molecule has 0 aliphatic carbocycles. The summed E-state index contributed by atoms with van der Waals surface area (Å²) in [6.45, 7) is 15.2. The maximum Gasteiger partial charge on any atom is 0.413 e. The third-order valence-corrected chi connectivity index (χ3v) is 7.46. The molecule has 1 saturated heterocycles. The van der Waals surface area contributed by atoms with E-state index in [0.29, 0.717) is 29.0 Å². The van der Waals surface area contributed by atoms with Crippen LogP contribution in [0.4, 0.5) is 4.79 Å². The van der Waals surface area contributed by atoms with Gasteiger partial charge in [-0.1, -0.05) is 42.2 Å². The lowest BCUT2D eigenvalue weighted by atomic mass is 10.0. The molecule has 1 aliphatic heterocycles. The Kier molecular flexibility index (Phi) is 9.60. The second-order valence-corrected chi connectivity index (χ2v) is 13.3. The van der Waals surface area contributed by atoms with Gasteiger partial charge in [-0.15, -0.1) is 0 Å². The Morgan fingerprint density at radius 3 is 2.47 bits per heavy atom. The molecule has 2 atom stereocenters. The van der Waals surface area contributed by atoms with Gasteiger partial charge in [-0.2, -0.15) is 10.2 Å². The number of benzene rings is 1. The molecule has 0 bridgehead atoms. The van der Waals surface area contributed by atoms with Gasteiger partial charge in [-0.05, 0) is 78.5 Å². The first-order valence-electron chi connectivity index (χ1n) is 14.1. The Morgan fingerprint density at radius 2 is 1.86 bits per heavy atom. The Bertz CT molecular complexity index is 1500. The summed E-state index contributed by atoms with van der Waals surface area (Å²) in [5, 5.41) is 14.2. The molecular weight excluding hydrogens is 593 g/mol. The number of pyridine rings is 1. The van der Waals surface area contributed by atoms with E-state index in [1.807, 2.05) is 27.7 Å². The molecule has 2 aromatic heterocycles. The average molecular weight is 631 g/mol. The molecule has 1 aromatic carbocycles. The Balaban J connectivity index is 1.52. The molecule has 4 rings (SSSR count). The molecule has 3 aromatic rings. The van der Waals surface area contributed by atoms with Crippen molar-refractivity contribution in [3.05, 3.63) is 45.7 Å². The van der Waals surface area contributed by atoms with E-state index in [2.05, 4.69) is 35.0 Å². The van der Waals surface area contributed by atoms with Gasteiger partial charge in [0.05, 0.1) is 39.0 Å². The zero-order valence-electron chi connectivity index (χ0n) is 25.7. The molecule has 0 spiro atoms. The number of nitriles is 1. The monoisotopic (exact) mass is 629 g/mol. The number of nitrogens with zero attached hydrogens (tertiary/aromatic N) is 5. The number of carbonyl (C=O) groups is 1. The Labute approximate surface area is 262 Å². The largest absolute Gasteiger partial charge is 0.488 e. The highest BCUT2D eigenvalue weighted by atomic mass is 35.5. The minimum absolute atomic E-state index is 0.0658. The highest BCUT2D eigenvalue weighted by Crippen LogP contribution is 2.39. The van der Waals surface area contributed by atoms with Gasteiger partial charge in [-0.25, -0.2) is 4.79 Å². The molecule has 43 heavy (non-hydrogen) atoms. The SMILES string of the molecule is CC(C)CCc1ncc(-c2nc(-c3cc(Cl)c(OC[C@H]4[C@@H](C)OC(C)(C)N4C(=O)OC(C)(C)C)c(Cl)c3)no2)cc1C#N. The van der Waals surface area contributed by atoms with Gasteiger partial charge in [0.15, 0.2) is 5.75 Å². The maximum absolute atomic E-state index is 13.1. The van der Waals surface area contributed by atoms with E-state index in [0.717, 1.165) is 12.1 Å². The van der Waals surface area contributed by atoms with Crippen molar-refractivity contribution in [2.24, 2.45) is 5.92 Å². The first kappa shape index (κ1) is 32.5. The second kappa shape index (κ2) is 12.7. The van der Waals surface area contributed by atoms with Crippen LogP contribution in [0.25, 0.3) is 22.8 Å². The van der Waals surface area contributed by atoms with Crippen LogP contribution in [0.15, 0.2) is 28.9 Å². The minimum Gasteiger partial charge on any atom is -0.488 e. The predicted molar refractivity (Wildman–Crippen MR) is 163 cm³/mol. The smallest absolute Gasteiger partial charge is 0.413 e. The van der Waals surface area contributed by atoms with Gasteiger partial charge in [0.1, 0.15) is 24.0 Å². The van der Waals surface area contributed by atoms with Gasteiger partial charge >= 0.3 is 6.09 Å². The number of aromatic nitrogens is 3. The van der Waals surface area contributed by atoms with Crippen molar-refractivity contribution in [3.63, 3.8) is 0 Å². The fraction of sp³-hybridized carbons (Fsp3) is 0.516. The molecule has 1 fully saturated rings. The number of hydrogen-bond acceptors (Lipinski definition) is 9. The van der Waals surface area contributed by atoms with Crippen molar-refractivity contribution < 1.29 is 23.5 Å². The molecule has 0 radical (unpaired) electrons. The van der Waals surface area contributed by atoms with Crippen LogP contribution in [0.5, 0.6) is 5.75 Å². The number of hydrogen-bond donors (Lipinski definition) is 0. The van der Waals surface area contributed by atoms with Crippen LogP contribution in [-0.2, 0) is 15.9 Å². The van der Waals surface area contributed by atoms with Crippen LogP contribution < -0.4 is 4.74 Å². The molecule has 0 N–H and O–H groups in total. The van der Waals surface area contributed by atoms with E-state index >= 15 is 0 Å². The summed E-state index contributed by atoms with van der Waals surface area (Å²) < 4.78 is 23.2. The average Bonchev–Trinajstić information content (AvgIpc) is 3.47. The van der Waals surface area contributed by atoms with Crippen LogP contribution in [0.1, 0.15) is 73.1 Å². The quantitative estimate of drug-likeness (QED) is 0.246. The Morgan fingerprint density at radius 1 is 1.19 bits per heavy atom. The summed E-state index contributed by atoms with van der Waals surface area (Å²) in [5.74, 6) is 1.21. The van der Waals surface area contributed by atoms with Gasteiger partial charge < -0.3 is 18.7 Å². The summed E-state index contributed by atoms with van der Waals surface area (Å²) in [7, 11) is 0. The van der Waals surface area contributed by atoms with Gasteiger partial charge in [0.25, 0.3) is 5.89 Å². The number of carbonyl (C=O) groups excluding carboxylic acids is 1. The Hall–Kier alpha value is -3.39. The molecule has 0 unspecified atom stereocenters. The van der Waals surface area contributed by atoms with Gasteiger partial charge in [0.2, 0.25) is 5.82 Å². The topological polar surface area (TPSA) is 124 Å². The van der Waals surface area contributed by atoms with Crippen molar-refractivity contribution in [1.29, 1.82) is 5.26 Å². The van der Waals surface area contributed by atoms with Crippen LogP contribution >= 0.6 is 23.2 Å². The number of amides is 1. The van der Waals surface area contributed by atoms with Gasteiger partial charge in [-0.3, -0.25) is 9.88 Å². The number of ether oxygens (including phenoxy) is 3. The van der Waals surface area contributed by atoms with E-state index < -0.39 is 23.5 Å². The maximum atomic E-state index is 13.1. The molecule has 230 valence electrons. The normalized spacial score (nSPS) is 18.1. The van der Waals surface area contributed by atoms with Crippen molar-refractivity contribution >= 4 is 29.3 Å². The number of aryl methyl sites for hydroxylation is 1. The van der Waals surface area contributed by atoms with E-state index in [9.17, 15) is 10.1 Å². The lowest BCUT2D eigenvalue weighted by Gasteiger charge is -2.35. The summed E-state index contributed by atoms with van der Waals surface area (Å²) in [6, 6.07) is 6.69. The van der Waals surface area contributed by atoms with E-state index in [1.165, 1.54) is 0 Å². The summed E-state index contributed by atoms with van der Waals surface area (Å²) in [4.78, 5) is 23.6. The van der Waals surface area contributed by atoms with Crippen molar-refractivity contribution in [1.82, 2.24) is 20.0 Å². The molecule has 0 saturated carbocycles.